The first-order valence-corrected chi connectivity index (χ1v) is 17.0. The van der Waals surface area contributed by atoms with Crippen molar-refractivity contribution in [3.05, 3.63) is 71.4 Å². The molecule has 0 saturated heterocycles. The van der Waals surface area contributed by atoms with Crippen molar-refractivity contribution < 1.29 is 0 Å². The second-order valence-electron chi connectivity index (χ2n) is 10.8. The average molecular weight is 580 g/mol. The molecule has 0 bridgehead atoms. The molecule has 2 rings (SSSR count). The first-order valence-electron chi connectivity index (χ1n) is 17.0. The van der Waals surface area contributed by atoms with Gasteiger partial charge in [0.2, 0.25) is 0 Å². The van der Waals surface area contributed by atoms with Gasteiger partial charge in [0.1, 0.15) is 0 Å². The maximum absolute atomic E-state index is 4.22. The predicted molar refractivity (Wildman–Crippen MR) is 201 cm³/mol. The highest BCUT2D eigenvalue weighted by atomic mass is 14.8. The number of hydrogen-bond donors (Lipinski definition) is 1. The number of benzene rings is 1. The predicted octanol–water partition coefficient (Wildman–Crippen LogP) is 14.3. The van der Waals surface area contributed by atoms with Crippen molar-refractivity contribution in [2.24, 2.45) is 0 Å². The molecule has 0 amide bonds. The molecule has 1 aliphatic rings. The Kier molecular flexibility index (Phi) is 40.5. The molecule has 1 aliphatic carbocycles. The van der Waals surface area contributed by atoms with Crippen molar-refractivity contribution in [2.45, 2.75) is 159 Å². The van der Waals surface area contributed by atoms with E-state index in [0.717, 1.165) is 12.8 Å². The molecule has 0 atom stereocenters. The van der Waals surface area contributed by atoms with Crippen molar-refractivity contribution >= 4 is 11.3 Å². The van der Waals surface area contributed by atoms with E-state index >= 15 is 0 Å². The topological polar surface area (TPSA) is 12.0 Å². The van der Waals surface area contributed by atoms with Gasteiger partial charge >= 0.3 is 0 Å². The fourth-order valence-electron chi connectivity index (χ4n) is 3.69. The van der Waals surface area contributed by atoms with Crippen LogP contribution in [0.3, 0.4) is 0 Å². The van der Waals surface area contributed by atoms with E-state index in [0.29, 0.717) is 0 Å². The van der Waals surface area contributed by atoms with E-state index in [2.05, 4.69) is 117 Å². The lowest BCUT2D eigenvalue weighted by Gasteiger charge is -2.11. The van der Waals surface area contributed by atoms with E-state index in [1.165, 1.54) is 105 Å². The van der Waals surface area contributed by atoms with E-state index in [9.17, 15) is 0 Å². The second kappa shape index (κ2) is 36.6. The van der Waals surface area contributed by atoms with E-state index in [-0.39, 0.29) is 0 Å². The van der Waals surface area contributed by atoms with Crippen LogP contribution in [0.25, 0.3) is 5.57 Å². The molecule has 0 aromatic heterocycles. The first kappa shape index (κ1) is 46.5. The van der Waals surface area contributed by atoms with Crippen LogP contribution in [0.4, 0.5) is 5.69 Å². The summed E-state index contributed by atoms with van der Waals surface area (Å²) < 4.78 is 0. The molecule has 1 nitrogen and oxygen atoms in total. The number of anilines is 1. The third-order valence-corrected chi connectivity index (χ3v) is 6.85. The van der Waals surface area contributed by atoms with E-state index in [1.54, 1.807) is 11.1 Å². The van der Waals surface area contributed by atoms with Crippen molar-refractivity contribution in [1.82, 2.24) is 0 Å². The van der Waals surface area contributed by atoms with Gasteiger partial charge in [-0.25, -0.2) is 0 Å². The minimum absolute atomic E-state index is 1.09. The Morgan fingerprint density at radius 3 is 1.81 bits per heavy atom. The molecule has 242 valence electrons. The van der Waals surface area contributed by atoms with Crippen LogP contribution in [-0.4, -0.2) is 7.05 Å². The van der Waals surface area contributed by atoms with Gasteiger partial charge in [0, 0.05) is 12.7 Å². The summed E-state index contributed by atoms with van der Waals surface area (Å²) in [5.74, 6) is 0. The van der Waals surface area contributed by atoms with Crippen LogP contribution in [0, 0.1) is 19.8 Å². The van der Waals surface area contributed by atoms with Gasteiger partial charge < -0.3 is 5.32 Å². The number of unbranched alkanes of at least 4 members (excludes halogenated alkanes) is 5. The largest absolute Gasteiger partial charge is 0.388 e. The smallest absolute Gasteiger partial charge is 0.0373 e. The van der Waals surface area contributed by atoms with Gasteiger partial charge in [0.15, 0.2) is 0 Å². The standard InChI is InChI=1S/C18H27N.C11H18.2C4H10.C2H6.C2H2/c1-14(2)9-7-6-8-10-15(3)17-12-11-16(4)18(13-17)19-5;1-3-4-8-11-9-6-5-7-10(11)2;2*1-3-4-2;2*1-2/h11-13,19H,1,3,6-10H2,2,4-5H3;6,9H,3-5,7-8H2,1-2H3;2*3-4H2,1-2H3;1-2H3;1-2H. The van der Waals surface area contributed by atoms with Gasteiger partial charge in [-0.15, -0.1) is 19.4 Å². The van der Waals surface area contributed by atoms with Crippen LogP contribution in [0.5, 0.6) is 0 Å². The quantitative estimate of drug-likeness (QED) is 0.139. The lowest BCUT2D eigenvalue weighted by atomic mass is 9.95. The monoisotopic (exact) mass is 580 g/mol. The molecule has 1 aromatic rings. The summed E-state index contributed by atoms with van der Waals surface area (Å²) in [5.41, 5.74) is 9.47. The minimum Gasteiger partial charge on any atom is -0.388 e. The Morgan fingerprint density at radius 1 is 0.810 bits per heavy atom. The van der Waals surface area contributed by atoms with Crippen molar-refractivity contribution in [3.8, 4) is 12.8 Å². The Hall–Kier alpha value is -2.46. The third kappa shape index (κ3) is 29.0. The summed E-state index contributed by atoms with van der Waals surface area (Å²) in [5, 5.41) is 3.23. The lowest BCUT2D eigenvalue weighted by Crippen LogP contribution is -1.93. The van der Waals surface area contributed by atoms with Gasteiger partial charge in [-0.05, 0) is 100 Å². The van der Waals surface area contributed by atoms with Crippen LogP contribution in [-0.2, 0) is 0 Å². The van der Waals surface area contributed by atoms with Gasteiger partial charge in [0.25, 0.3) is 0 Å². The molecule has 0 radical (unpaired) electrons. The lowest BCUT2D eigenvalue weighted by molar-refractivity contribution is 0.689. The molecule has 1 aromatic carbocycles. The molecular formula is C41H73N. The second-order valence-corrected chi connectivity index (χ2v) is 10.8. The summed E-state index contributed by atoms with van der Waals surface area (Å²) in [7, 11) is 1.96. The highest BCUT2D eigenvalue weighted by Gasteiger charge is 2.03. The fourth-order valence-corrected chi connectivity index (χ4v) is 3.69. The van der Waals surface area contributed by atoms with E-state index in [1.807, 2.05) is 20.9 Å². The van der Waals surface area contributed by atoms with Crippen LogP contribution < -0.4 is 5.32 Å². The number of nitrogens with one attached hydrogen (secondary N) is 1. The fraction of sp³-hybridized carbons (Fsp3) is 0.610. The maximum Gasteiger partial charge on any atom is 0.0373 e. The van der Waals surface area contributed by atoms with Crippen LogP contribution in [0.2, 0.25) is 0 Å². The summed E-state index contributed by atoms with van der Waals surface area (Å²) >= 11 is 0. The Bertz CT molecular complexity index is 826. The SMILES string of the molecule is C#C.C=C(C)CCCCCC(=C)c1ccc(C)c(NC)c1.CC.CCCC.CCCC.CCCCC1=C(C)CCC=C1. The first-order chi connectivity index (χ1) is 20.2. The Morgan fingerprint density at radius 2 is 1.36 bits per heavy atom. The van der Waals surface area contributed by atoms with Gasteiger partial charge in [-0.3, -0.25) is 0 Å². The molecule has 1 N–H and O–H groups in total. The number of aryl methyl sites for hydroxylation is 1. The zero-order valence-electron chi connectivity index (χ0n) is 30.4. The highest BCUT2D eigenvalue weighted by Crippen LogP contribution is 2.25. The zero-order valence-corrected chi connectivity index (χ0v) is 30.4. The molecule has 0 aliphatic heterocycles. The molecule has 0 fully saturated rings. The average Bonchev–Trinajstić information content (AvgIpc) is 3.03. The summed E-state index contributed by atoms with van der Waals surface area (Å²) in [4.78, 5) is 0. The number of rotatable bonds is 13. The molecule has 0 heterocycles. The number of hydrogen-bond acceptors (Lipinski definition) is 1. The normalized spacial score (nSPS) is 10.9. The minimum atomic E-state index is 1.09. The van der Waals surface area contributed by atoms with Crippen molar-refractivity contribution in [2.75, 3.05) is 12.4 Å². The van der Waals surface area contributed by atoms with Crippen LogP contribution in [0.15, 0.2) is 60.2 Å². The summed E-state index contributed by atoms with van der Waals surface area (Å²) in [6, 6.07) is 6.53. The maximum atomic E-state index is 4.22. The van der Waals surface area contributed by atoms with Crippen LogP contribution in [0.1, 0.15) is 163 Å². The molecular weight excluding hydrogens is 506 g/mol. The number of terminal acetylenes is 1. The molecule has 0 spiro atoms. The molecule has 0 saturated carbocycles. The Labute approximate surface area is 266 Å². The van der Waals surface area contributed by atoms with E-state index in [4.69, 9.17) is 0 Å². The molecule has 0 unspecified atom stereocenters. The highest BCUT2D eigenvalue weighted by molar-refractivity contribution is 5.68. The molecule has 1 heteroatoms. The van der Waals surface area contributed by atoms with Crippen molar-refractivity contribution in [3.63, 3.8) is 0 Å². The van der Waals surface area contributed by atoms with Gasteiger partial charge in [0.05, 0.1) is 0 Å². The van der Waals surface area contributed by atoms with Gasteiger partial charge in [-0.2, -0.15) is 0 Å². The summed E-state index contributed by atoms with van der Waals surface area (Å²) in [6.07, 6.45) is 30.3. The summed E-state index contributed by atoms with van der Waals surface area (Å²) in [6.45, 7) is 29.6. The van der Waals surface area contributed by atoms with Crippen LogP contribution >= 0.6 is 0 Å². The molecule has 42 heavy (non-hydrogen) atoms. The third-order valence-electron chi connectivity index (χ3n) is 6.85. The van der Waals surface area contributed by atoms with E-state index < -0.39 is 0 Å². The Balaban J connectivity index is -0.000000264. The van der Waals surface area contributed by atoms with Crippen molar-refractivity contribution in [1.29, 1.82) is 0 Å². The van der Waals surface area contributed by atoms with Gasteiger partial charge in [-0.1, -0.05) is 129 Å². The zero-order chi connectivity index (χ0) is 33.2. The number of allylic oxidation sites excluding steroid dienone is 6.